The number of carbonyl (C=O) groups is 1. The van der Waals surface area contributed by atoms with Gasteiger partial charge in [0, 0.05) is 6.54 Å². The van der Waals surface area contributed by atoms with E-state index < -0.39 is 0 Å². The third-order valence-corrected chi connectivity index (χ3v) is 3.90. The standard InChI is InChI=1S/C19H31NO2/c1-6-8-13-20(7-2)14-15-22-18(21)16-9-11-17(12-10-16)19(3,4)5/h9-12H,6-8,13-15H2,1-5H3. The van der Waals surface area contributed by atoms with E-state index in [4.69, 9.17) is 4.74 Å². The Balaban J connectivity index is 2.45. The van der Waals surface area contributed by atoms with Gasteiger partial charge in [0.1, 0.15) is 6.61 Å². The largest absolute Gasteiger partial charge is 0.461 e. The summed E-state index contributed by atoms with van der Waals surface area (Å²) in [6.07, 6.45) is 2.38. The third-order valence-electron chi connectivity index (χ3n) is 3.90. The van der Waals surface area contributed by atoms with E-state index in [1.54, 1.807) is 0 Å². The summed E-state index contributed by atoms with van der Waals surface area (Å²) < 4.78 is 5.39. The lowest BCUT2D eigenvalue weighted by Crippen LogP contribution is -2.29. The second-order valence-corrected chi connectivity index (χ2v) is 6.75. The van der Waals surface area contributed by atoms with E-state index in [2.05, 4.69) is 39.5 Å². The van der Waals surface area contributed by atoms with Crippen LogP contribution >= 0.6 is 0 Å². The van der Waals surface area contributed by atoms with Crippen molar-refractivity contribution < 1.29 is 9.53 Å². The van der Waals surface area contributed by atoms with Crippen LogP contribution in [0.1, 0.15) is 63.4 Å². The summed E-state index contributed by atoms with van der Waals surface area (Å²) >= 11 is 0. The first-order valence-corrected chi connectivity index (χ1v) is 8.38. The molecule has 0 heterocycles. The second kappa shape index (κ2) is 8.94. The van der Waals surface area contributed by atoms with Crippen LogP contribution in [0, 0.1) is 0 Å². The molecule has 0 bridgehead atoms. The Hall–Kier alpha value is -1.35. The van der Waals surface area contributed by atoms with Gasteiger partial charge in [-0.05, 0) is 42.6 Å². The SMILES string of the molecule is CCCCN(CC)CCOC(=O)c1ccc(C(C)(C)C)cc1. The molecular formula is C19H31NO2. The van der Waals surface area contributed by atoms with Gasteiger partial charge in [-0.2, -0.15) is 0 Å². The molecule has 1 aromatic rings. The number of nitrogens with zero attached hydrogens (tertiary/aromatic N) is 1. The normalized spacial score (nSPS) is 11.7. The molecule has 0 atom stereocenters. The molecule has 3 heteroatoms. The molecule has 0 radical (unpaired) electrons. The van der Waals surface area contributed by atoms with Crippen LogP contribution in [0.4, 0.5) is 0 Å². The van der Waals surface area contributed by atoms with Crippen LogP contribution in [0.5, 0.6) is 0 Å². The highest BCUT2D eigenvalue weighted by molar-refractivity contribution is 5.89. The topological polar surface area (TPSA) is 29.5 Å². The van der Waals surface area contributed by atoms with E-state index in [0.29, 0.717) is 12.2 Å². The Morgan fingerprint density at radius 1 is 1.09 bits per heavy atom. The zero-order valence-electron chi connectivity index (χ0n) is 14.8. The highest BCUT2D eigenvalue weighted by Gasteiger charge is 2.14. The van der Waals surface area contributed by atoms with E-state index >= 15 is 0 Å². The van der Waals surface area contributed by atoms with Crippen LogP contribution in [-0.2, 0) is 10.2 Å². The van der Waals surface area contributed by atoms with E-state index in [0.717, 1.165) is 19.6 Å². The van der Waals surface area contributed by atoms with Crippen molar-refractivity contribution in [1.29, 1.82) is 0 Å². The lowest BCUT2D eigenvalue weighted by Gasteiger charge is -2.20. The van der Waals surface area contributed by atoms with E-state index in [9.17, 15) is 4.79 Å². The maximum atomic E-state index is 12.0. The van der Waals surface area contributed by atoms with Gasteiger partial charge < -0.3 is 9.64 Å². The number of hydrogen-bond donors (Lipinski definition) is 0. The first-order chi connectivity index (χ1) is 10.4. The fourth-order valence-electron chi connectivity index (χ4n) is 2.27. The van der Waals surface area contributed by atoms with Crippen LogP contribution in [0.15, 0.2) is 24.3 Å². The number of esters is 1. The number of rotatable bonds is 8. The fraction of sp³-hybridized carbons (Fsp3) is 0.632. The summed E-state index contributed by atoms with van der Waals surface area (Å²) in [6.45, 7) is 14.2. The maximum absolute atomic E-state index is 12.0. The number of likely N-dealkylation sites (N-methyl/N-ethyl adjacent to an activating group) is 1. The number of hydrogen-bond acceptors (Lipinski definition) is 3. The molecule has 0 aliphatic rings. The average molecular weight is 305 g/mol. The lowest BCUT2D eigenvalue weighted by atomic mass is 9.87. The van der Waals surface area contributed by atoms with Gasteiger partial charge in [-0.15, -0.1) is 0 Å². The molecule has 1 rings (SSSR count). The van der Waals surface area contributed by atoms with Crippen LogP contribution in [0.25, 0.3) is 0 Å². The number of carbonyl (C=O) groups excluding carboxylic acids is 1. The van der Waals surface area contributed by atoms with Crippen molar-refractivity contribution in [2.24, 2.45) is 0 Å². The Labute approximate surface area is 135 Å². The minimum atomic E-state index is -0.230. The van der Waals surface area contributed by atoms with Gasteiger partial charge in [0.05, 0.1) is 5.56 Å². The van der Waals surface area contributed by atoms with E-state index in [1.165, 1.54) is 18.4 Å². The zero-order chi connectivity index (χ0) is 16.6. The van der Waals surface area contributed by atoms with Gasteiger partial charge in [-0.3, -0.25) is 0 Å². The Morgan fingerprint density at radius 2 is 1.73 bits per heavy atom. The molecule has 0 saturated heterocycles. The Kier molecular flexibility index (Phi) is 7.60. The molecule has 22 heavy (non-hydrogen) atoms. The summed E-state index contributed by atoms with van der Waals surface area (Å²) in [5.74, 6) is -0.230. The fourth-order valence-corrected chi connectivity index (χ4v) is 2.27. The first kappa shape index (κ1) is 18.7. The van der Waals surface area contributed by atoms with Gasteiger partial charge in [-0.1, -0.05) is 53.2 Å². The van der Waals surface area contributed by atoms with E-state index in [1.807, 2.05) is 24.3 Å². The van der Waals surface area contributed by atoms with Crippen molar-refractivity contribution in [2.45, 2.75) is 52.9 Å². The molecule has 0 amide bonds. The highest BCUT2D eigenvalue weighted by atomic mass is 16.5. The van der Waals surface area contributed by atoms with Gasteiger partial charge in [-0.25, -0.2) is 4.79 Å². The molecule has 0 aliphatic carbocycles. The molecule has 0 unspecified atom stereocenters. The van der Waals surface area contributed by atoms with Gasteiger partial charge in [0.15, 0.2) is 0 Å². The minimum absolute atomic E-state index is 0.101. The summed E-state index contributed by atoms with van der Waals surface area (Å²) in [4.78, 5) is 14.4. The van der Waals surface area contributed by atoms with Crippen molar-refractivity contribution in [3.05, 3.63) is 35.4 Å². The molecule has 1 aromatic carbocycles. The first-order valence-electron chi connectivity index (χ1n) is 8.38. The van der Waals surface area contributed by atoms with Crippen molar-refractivity contribution in [3.8, 4) is 0 Å². The van der Waals surface area contributed by atoms with Crippen LogP contribution < -0.4 is 0 Å². The number of benzene rings is 1. The van der Waals surface area contributed by atoms with Gasteiger partial charge in [0.2, 0.25) is 0 Å². The average Bonchev–Trinajstić information content (AvgIpc) is 2.49. The third kappa shape index (κ3) is 6.18. The Bertz CT molecular complexity index is 445. The Morgan fingerprint density at radius 3 is 2.23 bits per heavy atom. The van der Waals surface area contributed by atoms with E-state index in [-0.39, 0.29) is 11.4 Å². The molecule has 0 N–H and O–H groups in total. The molecule has 124 valence electrons. The van der Waals surface area contributed by atoms with Crippen molar-refractivity contribution in [1.82, 2.24) is 4.90 Å². The summed E-state index contributed by atoms with van der Waals surface area (Å²) in [6, 6.07) is 7.74. The summed E-state index contributed by atoms with van der Waals surface area (Å²) in [5.41, 5.74) is 1.95. The monoisotopic (exact) mass is 305 g/mol. The predicted octanol–water partition coefficient (Wildman–Crippen LogP) is 4.26. The highest BCUT2D eigenvalue weighted by Crippen LogP contribution is 2.22. The number of unbranched alkanes of at least 4 members (excludes halogenated alkanes) is 1. The minimum Gasteiger partial charge on any atom is -0.461 e. The van der Waals surface area contributed by atoms with Crippen LogP contribution in [0.3, 0.4) is 0 Å². The molecule has 0 saturated carbocycles. The predicted molar refractivity (Wildman–Crippen MR) is 92.4 cm³/mol. The van der Waals surface area contributed by atoms with Crippen molar-refractivity contribution in [2.75, 3.05) is 26.2 Å². The van der Waals surface area contributed by atoms with Crippen molar-refractivity contribution in [3.63, 3.8) is 0 Å². The maximum Gasteiger partial charge on any atom is 0.338 e. The van der Waals surface area contributed by atoms with Crippen molar-refractivity contribution >= 4 is 5.97 Å². The summed E-state index contributed by atoms with van der Waals surface area (Å²) in [7, 11) is 0. The molecule has 0 aromatic heterocycles. The van der Waals surface area contributed by atoms with Crippen LogP contribution in [0.2, 0.25) is 0 Å². The summed E-state index contributed by atoms with van der Waals surface area (Å²) in [5, 5.41) is 0. The quantitative estimate of drug-likeness (QED) is 0.672. The molecule has 0 spiro atoms. The van der Waals surface area contributed by atoms with Crippen LogP contribution in [-0.4, -0.2) is 37.1 Å². The molecule has 0 aliphatic heterocycles. The zero-order valence-corrected chi connectivity index (χ0v) is 14.8. The lowest BCUT2D eigenvalue weighted by molar-refractivity contribution is 0.0463. The molecule has 0 fully saturated rings. The molecule has 3 nitrogen and oxygen atoms in total. The second-order valence-electron chi connectivity index (χ2n) is 6.75. The number of ether oxygens (including phenoxy) is 1. The molecular weight excluding hydrogens is 274 g/mol. The van der Waals surface area contributed by atoms with Gasteiger partial charge >= 0.3 is 5.97 Å². The van der Waals surface area contributed by atoms with Gasteiger partial charge in [0.25, 0.3) is 0 Å². The smallest absolute Gasteiger partial charge is 0.338 e.